The van der Waals surface area contributed by atoms with Gasteiger partial charge in [0.15, 0.2) is 5.69 Å². The van der Waals surface area contributed by atoms with Crippen LogP contribution in [0.5, 0.6) is 0 Å². The summed E-state index contributed by atoms with van der Waals surface area (Å²) in [5.41, 5.74) is 0.631. The zero-order valence-corrected chi connectivity index (χ0v) is 11.1. The third-order valence-electron chi connectivity index (χ3n) is 3.37. The third kappa shape index (κ3) is 2.97. The molecule has 0 aliphatic heterocycles. The largest absolute Gasteiger partial charge is 0.464 e. The minimum Gasteiger partial charge on any atom is -0.464 e. The Labute approximate surface area is 107 Å². The van der Waals surface area contributed by atoms with Gasteiger partial charge in [-0.3, -0.25) is 0 Å². The van der Waals surface area contributed by atoms with E-state index in [1.165, 1.54) is 19.7 Å². The van der Waals surface area contributed by atoms with Crippen molar-refractivity contribution in [3.05, 3.63) is 18.1 Å². The molecule has 5 heteroatoms. The lowest BCUT2D eigenvalue weighted by molar-refractivity contribution is 0.0593. The van der Waals surface area contributed by atoms with E-state index in [0.717, 1.165) is 12.8 Å². The maximum absolute atomic E-state index is 11.2. The lowest BCUT2D eigenvalue weighted by Crippen LogP contribution is -2.18. The summed E-state index contributed by atoms with van der Waals surface area (Å²) in [7, 11) is 1.33. The summed E-state index contributed by atoms with van der Waals surface area (Å²) in [5, 5.41) is 3.35. The van der Waals surface area contributed by atoms with Crippen molar-refractivity contribution in [3.8, 4) is 0 Å². The molecule has 1 saturated carbocycles. The van der Waals surface area contributed by atoms with Crippen molar-refractivity contribution in [2.45, 2.75) is 39.2 Å². The predicted molar refractivity (Wildman–Crippen MR) is 68.4 cm³/mol. The highest BCUT2D eigenvalue weighted by Crippen LogP contribution is 2.37. The van der Waals surface area contributed by atoms with Crippen molar-refractivity contribution in [1.82, 2.24) is 9.97 Å². The van der Waals surface area contributed by atoms with Crippen LogP contribution in [0.25, 0.3) is 0 Å². The van der Waals surface area contributed by atoms with E-state index in [0.29, 0.717) is 17.3 Å². The predicted octanol–water partition coefficient (Wildman–Crippen LogP) is 2.25. The fourth-order valence-corrected chi connectivity index (χ4v) is 2.38. The van der Waals surface area contributed by atoms with E-state index in [1.54, 1.807) is 6.20 Å². The van der Waals surface area contributed by atoms with E-state index < -0.39 is 5.97 Å². The van der Waals surface area contributed by atoms with Gasteiger partial charge < -0.3 is 10.1 Å². The quantitative estimate of drug-likeness (QED) is 0.832. The van der Waals surface area contributed by atoms with Gasteiger partial charge in [-0.25, -0.2) is 14.8 Å². The third-order valence-corrected chi connectivity index (χ3v) is 3.37. The number of esters is 1. The van der Waals surface area contributed by atoms with Crippen molar-refractivity contribution in [1.29, 1.82) is 0 Å². The number of ether oxygens (including phenoxy) is 1. The summed E-state index contributed by atoms with van der Waals surface area (Å²) in [6, 6.07) is 0.443. The lowest BCUT2D eigenvalue weighted by atomic mass is 9.92. The average molecular weight is 249 g/mol. The van der Waals surface area contributed by atoms with Crippen LogP contribution in [0.2, 0.25) is 0 Å². The van der Waals surface area contributed by atoms with Gasteiger partial charge in [0.05, 0.1) is 19.5 Å². The van der Waals surface area contributed by atoms with Crippen LogP contribution >= 0.6 is 0 Å². The molecule has 1 aromatic rings. The molecule has 1 fully saturated rings. The number of methoxy groups -OCH3 is 1. The van der Waals surface area contributed by atoms with E-state index in [1.807, 2.05) is 0 Å². The highest BCUT2D eigenvalue weighted by atomic mass is 16.5. The number of nitrogens with zero attached hydrogens (tertiary/aromatic N) is 2. The molecular weight excluding hydrogens is 230 g/mol. The van der Waals surface area contributed by atoms with Crippen LogP contribution in [-0.4, -0.2) is 29.1 Å². The topological polar surface area (TPSA) is 64.1 Å². The number of carbonyl (C=O) groups is 1. The number of anilines is 1. The van der Waals surface area contributed by atoms with Gasteiger partial charge >= 0.3 is 5.97 Å². The van der Waals surface area contributed by atoms with Crippen LogP contribution in [-0.2, 0) is 4.74 Å². The second kappa shape index (κ2) is 4.92. The summed E-state index contributed by atoms with van der Waals surface area (Å²) < 4.78 is 4.58. The fourth-order valence-electron chi connectivity index (χ4n) is 2.38. The number of hydrogen-bond acceptors (Lipinski definition) is 5. The molecule has 0 saturated heterocycles. The molecule has 1 aliphatic carbocycles. The van der Waals surface area contributed by atoms with Crippen molar-refractivity contribution in [2.75, 3.05) is 12.4 Å². The molecule has 98 valence electrons. The molecular formula is C13H19N3O2. The number of hydrogen-bond donors (Lipinski definition) is 1. The van der Waals surface area contributed by atoms with Crippen molar-refractivity contribution in [2.24, 2.45) is 5.41 Å². The van der Waals surface area contributed by atoms with E-state index in [-0.39, 0.29) is 5.69 Å². The molecule has 1 aromatic heterocycles. The van der Waals surface area contributed by atoms with Gasteiger partial charge in [-0.05, 0) is 24.7 Å². The van der Waals surface area contributed by atoms with Crippen molar-refractivity contribution < 1.29 is 9.53 Å². The van der Waals surface area contributed by atoms with Crippen molar-refractivity contribution >= 4 is 11.8 Å². The monoisotopic (exact) mass is 249 g/mol. The number of carbonyl (C=O) groups excluding carboxylic acids is 1. The summed E-state index contributed by atoms with van der Waals surface area (Å²) in [5.74, 6) is 0.251. The number of aromatic nitrogens is 2. The summed E-state index contributed by atoms with van der Waals surface area (Å²) in [6.45, 7) is 4.56. The zero-order valence-electron chi connectivity index (χ0n) is 11.1. The van der Waals surface area contributed by atoms with E-state index in [4.69, 9.17) is 0 Å². The van der Waals surface area contributed by atoms with Gasteiger partial charge in [-0.1, -0.05) is 13.8 Å². The first-order valence-corrected chi connectivity index (χ1v) is 6.17. The lowest BCUT2D eigenvalue weighted by Gasteiger charge is -2.18. The molecule has 0 bridgehead atoms. The van der Waals surface area contributed by atoms with Gasteiger partial charge in [0, 0.05) is 6.04 Å². The number of rotatable bonds is 3. The van der Waals surface area contributed by atoms with Gasteiger partial charge in [0.1, 0.15) is 5.82 Å². The molecule has 1 aliphatic rings. The van der Waals surface area contributed by atoms with Crippen LogP contribution in [0.4, 0.5) is 5.82 Å². The summed E-state index contributed by atoms with van der Waals surface area (Å²) in [6.07, 6.45) is 6.52. The Balaban J connectivity index is 1.97. The molecule has 0 spiro atoms. The Kier molecular flexibility index (Phi) is 3.50. The molecule has 1 N–H and O–H groups in total. The van der Waals surface area contributed by atoms with Crippen LogP contribution in [0, 0.1) is 5.41 Å². The highest BCUT2D eigenvalue weighted by molar-refractivity contribution is 5.86. The molecule has 0 aromatic carbocycles. The van der Waals surface area contributed by atoms with Gasteiger partial charge in [0.2, 0.25) is 0 Å². The second-order valence-electron chi connectivity index (χ2n) is 5.53. The SMILES string of the molecule is COC(=O)c1cnc(NC2CCC(C)(C)C2)cn1. The average Bonchev–Trinajstić information content (AvgIpc) is 2.68. The molecule has 0 amide bonds. The van der Waals surface area contributed by atoms with Gasteiger partial charge in [-0.2, -0.15) is 0 Å². The Morgan fingerprint density at radius 3 is 2.72 bits per heavy atom. The minimum atomic E-state index is -0.462. The zero-order chi connectivity index (χ0) is 13.2. The Bertz CT molecular complexity index is 428. The first kappa shape index (κ1) is 12.8. The molecule has 1 unspecified atom stereocenters. The molecule has 5 nitrogen and oxygen atoms in total. The smallest absolute Gasteiger partial charge is 0.358 e. The standard InChI is InChI=1S/C13H19N3O2/c1-13(2)5-4-9(6-13)16-11-8-14-10(7-15-11)12(17)18-3/h7-9H,4-6H2,1-3H3,(H,15,16). The molecule has 2 rings (SSSR count). The van der Waals surface area contributed by atoms with E-state index >= 15 is 0 Å². The maximum atomic E-state index is 11.2. The first-order chi connectivity index (χ1) is 8.50. The minimum absolute atomic E-state index is 0.231. The number of nitrogens with one attached hydrogen (secondary N) is 1. The highest BCUT2D eigenvalue weighted by Gasteiger charge is 2.30. The normalized spacial score (nSPS) is 21.6. The van der Waals surface area contributed by atoms with Gasteiger partial charge in [-0.15, -0.1) is 0 Å². The summed E-state index contributed by atoms with van der Waals surface area (Å²) in [4.78, 5) is 19.4. The first-order valence-electron chi connectivity index (χ1n) is 6.17. The Morgan fingerprint density at radius 1 is 1.44 bits per heavy atom. The fraction of sp³-hybridized carbons (Fsp3) is 0.615. The Hall–Kier alpha value is -1.65. The van der Waals surface area contributed by atoms with E-state index in [9.17, 15) is 4.79 Å². The Morgan fingerprint density at radius 2 is 2.22 bits per heavy atom. The van der Waals surface area contributed by atoms with Crippen LogP contribution in [0.1, 0.15) is 43.6 Å². The maximum Gasteiger partial charge on any atom is 0.358 e. The molecule has 1 heterocycles. The molecule has 18 heavy (non-hydrogen) atoms. The molecule has 0 radical (unpaired) electrons. The van der Waals surface area contributed by atoms with Crippen LogP contribution in [0.3, 0.4) is 0 Å². The van der Waals surface area contributed by atoms with Crippen LogP contribution in [0.15, 0.2) is 12.4 Å². The van der Waals surface area contributed by atoms with E-state index in [2.05, 4.69) is 33.9 Å². The molecule has 1 atom stereocenters. The summed E-state index contributed by atoms with van der Waals surface area (Å²) >= 11 is 0. The van der Waals surface area contributed by atoms with Gasteiger partial charge in [0.25, 0.3) is 0 Å². The van der Waals surface area contributed by atoms with Crippen molar-refractivity contribution in [3.63, 3.8) is 0 Å². The van der Waals surface area contributed by atoms with Crippen LogP contribution < -0.4 is 5.32 Å². The second-order valence-corrected chi connectivity index (χ2v) is 5.53.